The molecule has 2 N–H and O–H groups in total. The van der Waals surface area contributed by atoms with Gasteiger partial charge < -0.3 is 15.2 Å². The van der Waals surface area contributed by atoms with E-state index in [-0.39, 0.29) is 18.1 Å². The molecule has 3 aromatic heterocycles. The van der Waals surface area contributed by atoms with Gasteiger partial charge in [-0.1, -0.05) is 0 Å². The number of rotatable bonds is 4. The molecule has 4 rings (SSSR count). The van der Waals surface area contributed by atoms with Gasteiger partial charge >= 0.3 is 5.69 Å². The first kappa shape index (κ1) is 20.9. The Morgan fingerprint density at radius 3 is 2.74 bits per heavy atom. The first-order valence-corrected chi connectivity index (χ1v) is 10.6. The van der Waals surface area contributed by atoms with Gasteiger partial charge in [-0.05, 0) is 38.8 Å². The molecule has 1 aliphatic rings. The standard InChI is InChI=1S/C22H27N7O2/c1-4-28-19-18(14(2)20(28)27-10-6-8-16(24)12-27)26(3)22(31)29(21(19)30)13-17-15(11-23)7-5-9-25-17/h5,7,9,16H,4,6,8,10,12-13,24H2,1-3H3/t16-/m1/s1. The molecule has 9 nitrogen and oxygen atoms in total. The van der Waals surface area contributed by atoms with Gasteiger partial charge in [-0.25, -0.2) is 4.79 Å². The first-order valence-electron chi connectivity index (χ1n) is 10.6. The van der Waals surface area contributed by atoms with Gasteiger partial charge in [0, 0.05) is 44.5 Å². The number of hydrogen-bond donors (Lipinski definition) is 1. The fourth-order valence-electron chi connectivity index (χ4n) is 4.71. The third-order valence-corrected chi connectivity index (χ3v) is 6.13. The molecular weight excluding hydrogens is 394 g/mol. The molecular formula is C22H27N7O2. The van der Waals surface area contributed by atoms with Gasteiger partial charge in [0.25, 0.3) is 5.56 Å². The Morgan fingerprint density at radius 1 is 1.29 bits per heavy atom. The first-order chi connectivity index (χ1) is 14.9. The van der Waals surface area contributed by atoms with E-state index < -0.39 is 5.69 Å². The average molecular weight is 422 g/mol. The molecule has 0 spiro atoms. The molecule has 31 heavy (non-hydrogen) atoms. The van der Waals surface area contributed by atoms with E-state index in [1.54, 1.807) is 25.4 Å². The Labute approximate surface area is 179 Å². The maximum atomic E-state index is 13.6. The normalized spacial score (nSPS) is 16.6. The van der Waals surface area contributed by atoms with E-state index in [0.29, 0.717) is 28.8 Å². The average Bonchev–Trinajstić information content (AvgIpc) is 3.07. The van der Waals surface area contributed by atoms with E-state index in [4.69, 9.17) is 5.73 Å². The van der Waals surface area contributed by atoms with Gasteiger partial charge in [0.15, 0.2) is 0 Å². The number of fused-ring (bicyclic) bond motifs is 1. The minimum Gasteiger partial charge on any atom is -0.356 e. The second-order valence-corrected chi connectivity index (χ2v) is 8.08. The topological polar surface area (TPSA) is 115 Å². The lowest BCUT2D eigenvalue weighted by Gasteiger charge is -2.33. The van der Waals surface area contributed by atoms with Crippen molar-refractivity contribution in [1.29, 1.82) is 5.26 Å². The molecule has 1 fully saturated rings. The van der Waals surface area contributed by atoms with Crippen molar-refractivity contribution in [2.45, 2.75) is 45.8 Å². The van der Waals surface area contributed by atoms with E-state index in [1.165, 1.54) is 9.13 Å². The molecule has 1 saturated heterocycles. The Balaban J connectivity index is 1.97. The quantitative estimate of drug-likeness (QED) is 0.674. The number of nitrogens with zero attached hydrogens (tertiary/aromatic N) is 6. The third kappa shape index (κ3) is 3.33. The van der Waals surface area contributed by atoms with Crippen LogP contribution in [0.25, 0.3) is 11.0 Å². The van der Waals surface area contributed by atoms with Crippen molar-refractivity contribution in [1.82, 2.24) is 18.7 Å². The van der Waals surface area contributed by atoms with Crippen molar-refractivity contribution in [3.63, 3.8) is 0 Å². The minimum atomic E-state index is -0.426. The number of pyridine rings is 1. The zero-order chi connectivity index (χ0) is 22.3. The molecule has 0 radical (unpaired) electrons. The summed E-state index contributed by atoms with van der Waals surface area (Å²) in [5, 5.41) is 9.37. The van der Waals surface area contributed by atoms with E-state index in [1.807, 2.05) is 18.4 Å². The van der Waals surface area contributed by atoms with Crippen LogP contribution in [0.5, 0.6) is 0 Å². The summed E-state index contributed by atoms with van der Waals surface area (Å²) in [6, 6.07) is 5.46. The van der Waals surface area contributed by atoms with Crippen molar-refractivity contribution in [3.8, 4) is 6.07 Å². The Bertz CT molecular complexity index is 1310. The predicted octanol–water partition coefficient (Wildman–Crippen LogP) is 1.07. The van der Waals surface area contributed by atoms with Crippen molar-refractivity contribution < 1.29 is 0 Å². The summed E-state index contributed by atoms with van der Waals surface area (Å²) >= 11 is 0. The zero-order valence-electron chi connectivity index (χ0n) is 18.1. The summed E-state index contributed by atoms with van der Waals surface area (Å²) in [4.78, 5) is 33.2. The van der Waals surface area contributed by atoms with Crippen LogP contribution < -0.4 is 21.9 Å². The van der Waals surface area contributed by atoms with Gasteiger partial charge in [-0.3, -0.25) is 18.9 Å². The fraction of sp³-hybridized carbons (Fsp3) is 0.455. The summed E-state index contributed by atoms with van der Waals surface area (Å²) in [5.41, 5.74) is 8.21. The smallest absolute Gasteiger partial charge is 0.331 e. The van der Waals surface area contributed by atoms with E-state index in [2.05, 4.69) is 16.0 Å². The van der Waals surface area contributed by atoms with Crippen LogP contribution in [0.3, 0.4) is 0 Å². The van der Waals surface area contributed by atoms with Crippen molar-refractivity contribution >= 4 is 16.9 Å². The predicted molar refractivity (Wildman–Crippen MR) is 119 cm³/mol. The molecule has 0 unspecified atom stereocenters. The van der Waals surface area contributed by atoms with Crippen LogP contribution >= 0.6 is 0 Å². The van der Waals surface area contributed by atoms with Crippen LogP contribution in [0.2, 0.25) is 0 Å². The molecule has 0 aliphatic carbocycles. The maximum Gasteiger partial charge on any atom is 0.331 e. The number of piperidine rings is 1. The van der Waals surface area contributed by atoms with Crippen LogP contribution in [0.1, 0.15) is 36.6 Å². The molecule has 3 aromatic rings. The molecule has 1 atom stereocenters. The second kappa shape index (κ2) is 8.04. The van der Waals surface area contributed by atoms with Crippen LogP contribution in [-0.4, -0.2) is 37.8 Å². The van der Waals surface area contributed by atoms with Crippen LogP contribution in [-0.2, 0) is 20.1 Å². The van der Waals surface area contributed by atoms with Crippen LogP contribution in [0.15, 0.2) is 27.9 Å². The van der Waals surface area contributed by atoms with Crippen LogP contribution in [0.4, 0.5) is 5.82 Å². The number of hydrogen-bond acceptors (Lipinski definition) is 6. The zero-order valence-corrected chi connectivity index (χ0v) is 18.1. The SMILES string of the molecule is CCn1c(N2CCC[C@@H](N)C2)c(C)c2c1c(=O)n(Cc1ncccc1C#N)c(=O)n2C. The molecule has 0 bridgehead atoms. The summed E-state index contributed by atoms with van der Waals surface area (Å²) in [6.45, 7) is 6.08. The molecule has 9 heteroatoms. The minimum absolute atomic E-state index is 0.0525. The van der Waals surface area contributed by atoms with Gasteiger partial charge in [0.2, 0.25) is 0 Å². The van der Waals surface area contributed by atoms with E-state index in [9.17, 15) is 14.9 Å². The Morgan fingerprint density at radius 2 is 2.06 bits per heavy atom. The fourth-order valence-corrected chi connectivity index (χ4v) is 4.71. The summed E-state index contributed by atoms with van der Waals surface area (Å²) < 4.78 is 4.69. The number of aromatic nitrogens is 4. The van der Waals surface area contributed by atoms with Crippen molar-refractivity contribution in [2.24, 2.45) is 12.8 Å². The lowest BCUT2D eigenvalue weighted by atomic mass is 10.1. The number of aryl methyl sites for hydroxylation is 3. The van der Waals surface area contributed by atoms with Crippen molar-refractivity contribution in [3.05, 3.63) is 56.0 Å². The molecule has 0 saturated carbocycles. The summed E-state index contributed by atoms with van der Waals surface area (Å²) in [6.07, 6.45) is 3.53. The second-order valence-electron chi connectivity index (χ2n) is 8.08. The highest BCUT2D eigenvalue weighted by atomic mass is 16.2. The Hall–Kier alpha value is -3.38. The third-order valence-electron chi connectivity index (χ3n) is 6.13. The number of nitrogens with two attached hydrogens (primary N) is 1. The molecule has 162 valence electrons. The maximum absolute atomic E-state index is 13.6. The highest BCUT2D eigenvalue weighted by Crippen LogP contribution is 2.31. The lowest BCUT2D eigenvalue weighted by molar-refractivity contribution is 0.497. The summed E-state index contributed by atoms with van der Waals surface area (Å²) in [7, 11) is 1.68. The molecule has 4 heterocycles. The lowest BCUT2D eigenvalue weighted by Crippen LogP contribution is -2.44. The van der Waals surface area contributed by atoms with Gasteiger partial charge in [-0.2, -0.15) is 5.26 Å². The van der Waals surface area contributed by atoms with Gasteiger partial charge in [0.1, 0.15) is 17.4 Å². The van der Waals surface area contributed by atoms with Crippen LogP contribution in [0, 0.1) is 18.3 Å². The highest BCUT2D eigenvalue weighted by Gasteiger charge is 2.27. The van der Waals surface area contributed by atoms with Gasteiger partial charge in [-0.15, -0.1) is 0 Å². The largest absolute Gasteiger partial charge is 0.356 e. The molecule has 1 aliphatic heterocycles. The summed E-state index contributed by atoms with van der Waals surface area (Å²) in [5.74, 6) is 0.952. The van der Waals surface area contributed by atoms with E-state index in [0.717, 1.165) is 37.3 Å². The van der Waals surface area contributed by atoms with E-state index >= 15 is 0 Å². The monoisotopic (exact) mass is 421 g/mol. The molecule has 0 aromatic carbocycles. The highest BCUT2D eigenvalue weighted by molar-refractivity contribution is 5.86. The number of anilines is 1. The van der Waals surface area contributed by atoms with Gasteiger partial charge in [0.05, 0.1) is 23.3 Å². The Kier molecular flexibility index (Phi) is 5.41. The number of nitriles is 1. The molecule has 0 amide bonds. The van der Waals surface area contributed by atoms with Crippen molar-refractivity contribution in [2.75, 3.05) is 18.0 Å².